The molecule has 3 aliphatic heterocycles. The van der Waals surface area contributed by atoms with Gasteiger partial charge in [-0.2, -0.15) is 0 Å². The SMILES string of the molecule is C=CCN(C)C(=O)[C@H]1[C@H]2C(=O)N(CCCCCCO)C(C(=O)N(CC=C)Cn3nnc4ccccc43)C23CC[C@]1(CC)O3. The molecule has 1 aromatic heterocycles. The maximum atomic E-state index is 14.7. The van der Waals surface area contributed by atoms with Gasteiger partial charge >= 0.3 is 0 Å². The third-order valence-electron chi connectivity index (χ3n) is 9.65. The number of hydrogen-bond donors (Lipinski definition) is 1. The van der Waals surface area contributed by atoms with E-state index in [2.05, 4.69) is 23.5 Å². The van der Waals surface area contributed by atoms with Crippen molar-refractivity contribution in [3.63, 3.8) is 0 Å². The molecule has 3 aliphatic rings. The first kappa shape index (κ1) is 30.9. The molecule has 5 atom stereocenters. The van der Waals surface area contributed by atoms with E-state index in [9.17, 15) is 19.5 Å². The van der Waals surface area contributed by atoms with Gasteiger partial charge in [0.1, 0.15) is 23.8 Å². The Labute approximate surface area is 253 Å². The number of likely N-dealkylation sites (tertiary alicyclic amines) is 1. The lowest BCUT2D eigenvalue weighted by Gasteiger charge is -2.36. The number of ether oxygens (including phenoxy) is 1. The first-order chi connectivity index (χ1) is 20.8. The van der Waals surface area contributed by atoms with E-state index in [-0.39, 0.29) is 37.5 Å². The number of hydrogen-bond acceptors (Lipinski definition) is 7. The summed E-state index contributed by atoms with van der Waals surface area (Å²) in [6.45, 7) is 10.9. The van der Waals surface area contributed by atoms with E-state index in [4.69, 9.17) is 4.74 Å². The fourth-order valence-corrected chi connectivity index (χ4v) is 7.61. The predicted molar refractivity (Wildman–Crippen MR) is 161 cm³/mol. The van der Waals surface area contributed by atoms with Crippen molar-refractivity contribution in [2.75, 3.05) is 33.3 Å². The summed E-state index contributed by atoms with van der Waals surface area (Å²) in [5, 5.41) is 17.8. The quantitative estimate of drug-likeness (QED) is 0.249. The van der Waals surface area contributed by atoms with Gasteiger partial charge in [0, 0.05) is 33.3 Å². The summed E-state index contributed by atoms with van der Waals surface area (Å²) >= 11 is 0. The number of nitrogens with zero attached hydrogens (tertiary/aromatic N) is 6. The van der Waals surface area contributed by atoms with E-state index >= 15 is 0 Å². The largest absolute Gasteiger partial charge is 0.396 e. The zero-order chi connectivity index (χ0) is 30.8. The summed E-state index contributed by atoms with van der Waals surface area (Å²) in [6.07, 6.45) is 8.05. The number of aliphatic hydroxyl groups is 1. The van der Waals surface area contributed by atoms with Crippen LogP contribution in [0.4, 0.5) is 0 Å². The number of benzene rings is 1. The van der Waals surface area contributed by atoms with Crippen LogP contribution in [0.2, 0.25) is 0 Å². The molecule has 2 unspecified atom stereocenters. The van der Waals surface area contributed by atoms with Crippen molar-refractivity contribution in [3.05, 3.63) is 49.6 Å². The fourth-order valence-electron chi connectivity index (χ4n) is 7.61. The van der Waals surface area contributed by atoms with Crippen LogP contribution in [0.25, 0.3) is 11.0 Å². The van der Waals surface area contributed by atoms with Gasteiger partial charge in [0.25, 0.3) is 0 Å². The summed E-state index contributed by atoms with van der Waals surface area (Å²) in [5.41, 5.74) is -0.388. The highest BCUT2D eigenvalue weighted by molar-refractivity contribution is 5.99. The Kier molecular flexibility index (Phi) is 9.03. The summed E-state index contributed by atoms with van der Waals surface area (Å²) < 4.78 is 8.60. The molecule has 2 bridgehead atoms. The Bertz CT molecular complexity index is 1380. The zero-order valence-electron chi connectivity index (χ0n) is 25.4. The molecule has 3 saturated heterocycles. The first-order valence-corrected chi connectivity index (χ1v) is 15.4. The lowest BCUT2D eigenvalue weighted by atomic mass is 9.64. The minimum absolute atomic E-state index is 0.122. The second-order valence-corrected chi connectivity index (χ2v) is 12.1. The molecular weight excluding hydrogens is 548 g/mol. The standard InChI is InChI=1S/C32H44N6O5/c1-5-18-35(4)28(40)25-26-29(41)37(20-12-8-9-13-21-39)27(32(26)17-16-31(25,7-3)43-32)30(42)36(19-6-2)22-38-24-15-11-10-14-23(24)33-34-38/h5-6,10-11,14-15,25-27,39H,1-2,7-9,12-13,16-22H2,3-4H3/t25-,26+,27?,31+,32?/m1/s1. The van der Waals surface area contributed by atoms with E-state index in [0.29, 0.717) is 45.2 Å². The van der Waals surface area contributed by atoms with Crippen molar-refractivity contribution in [2.45, 2.75) is 75.8 Å². The van der Waals surface area contributed by atoms with Crippen LogP contribution in [-0.4, -0.2) is 103 Å². The number of carbonyl (C=O) groups is 3. The van der Waals surface area contributed by atoms with Crippen molar-refractivity contribution in [1.82, 2.24) is 29.7 Å². The molecule has 43 heavy (non-hydrogen) atoms. The number of likely N-dealkylation sites (N-methyl/N-ethyl adjacent to an activating group) is 1. The van der Waals surface area contributed by atoms with E-state index in [1.54, 1.807) is 38.6 Å². The second-order valence-electron chi connectivity index (χ2n) is 12.1. The highest BCUT2D eigenvalue weighted by atomic mass is 16.5. The lowest BCUT2D eigenvalue weighted by Crippen LogP contribution is -2.56. The minimum Gasteiger partial charge on any atom is -0.396 e. The lowest BCUT2D eigenvalue weighted by molar-refractivity contribution is -0.155. The fraction of sp³-hybridized carbons (Fsp3) is 0.594. The van der Waals surface area contributed by atoms with Crippen LogP contribution in [0.5, 0.6) is 0 Å². The van der Waals surface area contributed by atoms with Crippen LogP contribution in [-0.2, 0) is 25.8 Å². The number of aromatic nitrogens is 3. The monoisotopic (exact) mass is 592 g/mol. The summed E-state index contributed by atoms with van der Waals surface area (Å²) in [4.78, 5) is 48.0. The van der Waals surface area contributed by atoms with E-state index < -0.39 is 29.1 Å². The van der Waals surface area contributed by atoms with E-state index in [0.717, 1.165) is 23.9 Å². The number of rotatable bonds is 15. The minimum atomic E-state index is -1.10. The Morgan fingerprint density at radius 3 is 2.58 bits per heavy atom. The number of para-hydroxylation sites is 1. The Morgan fingerprint density at radius 1 is 1.12 bits per heavy atom. The molecule has 11 heteroatoms. The van der Waals surface area contributed by atoms with Crippen molar-refractivity contribution in [1.29, 1.82) is 0 Å². The molecule has 4 heterocycles. The maximum Gasteiger partial charge on any atom is 0.250 e. The molecule has 1 N–H and O–H groups in total. The normalized spacial score (nSPS) is 27.5. The molecule has 11 nitrogen and oxygen atoms in total. The predicted octanol–water partition coefficient (Wildman–Crippen LogP) is 2.76. The Hall–Kier alpha value is -3.57. The number of carbonyl (C=O) groups excluding carboxylic acids is 3. The van der Waals surface area contributed by atoms with Crippen molar-refractivity contribution >= 4 is 28.8 Å². The van der Waals surface area contributed by atoms with Gasteiger partial charge in [0.15, 0.2) is 0 Å². The molecule has 2 aromatic rings. The third-order valence-corrected chi connectivity index (χ3v) is 9.65. The molecule has 1 spiro atoms. The van der Waals surface area contributed by atoms with Gasteiger partial charge in [-0.15, -0.1) is 18.3 Å². The molecule has 3 fully saturated rings. The summed E-state index contributed by atoms with van der Waals surface area (Å²) in [7, 11) is 1.72. The van der Waals surface area contributed by atoms with Gasteiger partial charge in [-0.05, 0) is 44.2 Å². The van der Waals surface area contributed by atoms with Crippen LogP contribution < -0.4 is 0 Å². The van der Waals surface area contributed by atoms with Gasteiger partial charge in [-0.1, -0.05) is 49.3 Å². The summed E-state index contributed by atoms with van der Waals surface area (Å²) in [5.74, 6) is -2.00. The molecule has 0 saturated carbocycles. The molecule has 3 amide bonds. The Morgan fingerprint density at radius 2 is 1.86 bits per heavy atom. The highest BCUT2D eigenvalue weighted by Crippen LogP contribution is 2.64. The number of amides is 3. The second kappa shape index (κ2) is 12.6. The third kappa shape index (κ3) is 5.16. The number of fused-ring (bicyclic) bond motifs is 2. The topological polar surface area (TPSA) is 121 Å². The number of aliphatic hydroxyl groups excluding tert-OH is 1. The van der Waals surface area contributed by atoms with Gasteiger partial charge in [-0.25, -0.2) is 4.68 Å². The van der Waals surface area contributed by atoms with Crippen LogP contribution in [0.15, 0.2) is 49.6 Å². The van der Waals surface area contributed by atoms with Crippen LogP contribution in [0.1, 0.15) is 51.9 Å². The van der Waals surface area contributed by atoms with Crippen molar-refractivity contribution in [3.8, 4) is 0 Å². The maximum absolute atomic E-state index is 14.7. The smallest absolute Gasteiger partial charge is 0.250 e. The van der Waals surface area contributed by atoms with Crippen LogP contribution in [0.3, 0.4) is 0 Å². The molecule has 1 aromatic carbocycles. The number of unbranched alkanes of at least 4 members (excludes halogenated alkanes) is 3. The highest BCUT2D eigenvalue weighted by Gasteiger charge is 2.78. The van der Waals surface area contributed by atoms with Gasteiger partial charge < -0.3 is 24.5 Å². The van der Waals surface area contributed by atoms with Gasteiger partial charge in [0.05, 0.1) is 23.0 Å². The summed E-state index contributed by atoms with van der Waals surface area (Å²) in [6, 6.07) is 6.67. The van der Waals surface area contributed by atoms with Gasteiger partial charge in [0.2, 0.25) is 17.7 Å². The molecular formula is C32H44N6O5. The average Bonchev–Trinajstić information content (AvgIpc) is 3.73. The first-order valence-electron chi connectivity index (χ1n) is 15.4. The average molecular weight is 593 g/mol. The molecule has 5 rings (SSSR count). The zero-order valence-corrected chi connectivity index (χ0v) is 25.4. The van der Waals surface area contributed by atoms with E-state index in [1.165, 1.54) is 0 Å². The molecule has 232 valence electrons. The Balaban J connectivity index is 1.52. The van der Waals surface area contributed by atoms with Crippen molar-refractivity contribution < 1.29 is 24.2 Å². The van der Waals surface area contributed by atoms with Crippen molar-refractivity contribution in [2.24, 2.45) is 11.8 Å². The van der Waals surface area contributed by atoms with E-state index in [1.807, 2.05) is 31.2 Å². The van der Waals surface area contributed by atoms with Gasteiger partial charge in [-0.3, -0.25) is 14.4 Å². The van der Waals surface area contributed by atoms with Crippen LogP contribution in [0, 0.1) is 11.8 Å². The molecule has 0 radical (unpaired) electrons. The molecule has 0 aliphatic carbocycles. The van der Waals surface area contributed by atoms with Crippen LogP contribution >= 0.6 is 0 Å².